The van der Waals surface area contributed by atoms with E-state index in [0.29, 0.717) is 5.92 Å². The van der Waals surface area contributed by atoms with E-state index in [4.69, 9.17) is 4.74 Å². The van der Waals surface area contributed by atoms with Gasteiger partial charge in [0.05, 0.1) is 18.2 Å². The fourth-order valence-electron chi connectivity index (χ4n) is 2.66. The molecule has 0 aromatic carbocycles. The molecule has 2 rings (SSSR count). The number of methoxy groups -OCH3 is 1. The number of carbonyl (C=O) groups excluding carboxylic acids is 1. The highest BCUT2D eigenvalue weighted by Gasteiger charge is 2.34. The monoisotopic (exact) mass is 242 g/mol. The first-order valence-corrected chi connectivity index (χ1v) is 6.29. The third-order valence-electron chi connectivity index (χ3n) is 3.84. The van der Waals surface area contributed by atoms with Crippen LogP contribution in [-0.2, 0) is 9.53 Å². The lowest BCUT2D eigenvalue weighted by molar-refractivity contribution is -0.133. The summed E-state index contributed by atoms with van der Waals surface area (Å²) in [7, 11) is 3.52. The van der Waals surface area contributed by atoms with E-state index in [1.807, 2.05) is 7.05 Å². The smallest absolute Gasteiger partial charge is 0.239 e. The van der Waals surface area contributed by atoms with Crippen molar-refractivity contribution in [2.24, 2.45) is 5.92 Å². The molecule has 1 amide bonds. The Morgan fingerprint density at radius 2 is 2.18 bits per heavy atom. The average molecular weight is 242 g/mol. The molecule has 0 bridgehead atoms. The van der Waals surface area contributed by atoms with Crippen LogP contribution in [0.3, 0.4) is 0 Å². The van der Waals surface area contributed by atoms with Crippen LogP contribution in [0.15, 0.2) is 0 Å². The van der Waals surface area contributed by atoms with Crippen LogP contribution in [0.1, 0.15) is 19.3 Å². The lowest BCUT2D eigenvalue weighted by Crippen LogP contribution is -2.46. The first-order valence-electron chi connectivity index (χ1n) is 6.29. The molecule has 1 saturated carbocycles. The number of carbonyl (C=O) groups is 1. The maximum atomic E-state index is 12.1. The lowest BCUT2D eigenvalue weighted by Gasteiger charge is -2.35. The molecule has 0 radical (unpaired) electrons. The van der Waals surface area contributed by atoms with E-state index in [9.17, 15) is 9.90 Å². The molecule has 0 spiro atoms. The number of rotatable bonds is 4. The van der Waals surface area contributed by atoms with Gasteiger partial charge in [0.1, 0.15) is 0 Å². The van der Waals surface area contributed by atoms with Gasteiger partial charge in [0.2, 0.25) is 5.91 Å². The minimum absolute atomic E-state index is 0.102. The maximum Gasteiger partial charge on any atom is 0.239 e. The number of likely N-dealkylation sites (N-methyl/N-ethyl adjacent to an activating group) is 1. The molecule has 0 aromatic rings. The minimum atomic E-state index is -0.147. The van der Waals surface area contributed by atoms with E-state index in [0.717, 1.165) is 32.4 Å². The van der Waals surface area contributed by atoms with Gasteiger partial charge in [-0.25, -0.2) is 0 Å². The van der Waals surface area contributed by atoms with Crippen LogP contribution in [0.25, 0.3) is 0 Å². The van der Waals surface area contributed by atoms with E-state index < -0.39 is 0 Å². The number of hydrogen-bond acceptors (Lipinski definition) is 4. The molecule has 2 atom stereocenters. The molecule has 5 nitrogen and oxygen atoms in total. The summed E-state index contributed by atoms with van der Waals surface area (Å²) >= 11 is 0. The number of nitrogens with zero attached hydrogens (tertiary/aromatic N) is 1. The SMILES string of the molecule is COC1CNC(C(=O)N(C)CC2CC(O)C2)C1. The van der Waals surface area contributed by atoms with E-state index >= 15 is 0 Å². The molecule has 5 heteroatoms. The molecule has 2 unspecified atom stereocenters. The molecule has 17 heavy (non-hydrogen) atoms. The van der Waals surface area contributed by atoms with Gasteiger partial charge in [-0.3, -0.25) is 4.79 Å². The first kappa shape index (κ1) is 12.8. The van der Waals surface area contributed by atoms with Crippen molar-refractivity contribution in [1.82, 2.24) is 10.2 Å². The summed E-state index contributed by atoms with van der Waals surface area (Å²) in [6, 6.07) is -0.102. The van der Waals surface area contributed by atoms with Crippen molar-refractivity contribution < 1.29 is 14.6 Å². The van der Waals surface area contributed by atoms with Gasteiger partial charge in [-0.15, -0.1) is 0 Å². The van der Waals surface area contributed by atoms with E-state index in [1.165, 1.54) is 0 Å². The quantitative estimate of drug-likeness (QED) is 0.704. The van der Waals surface area contributed by atoms with Crippen molar-refractivity contribution in [2.45, 2.75) is 37.5 Å². The molecule has 2 aliphatic rings. The predicted octanol–water partition coefficient (Wildman–Crippen LogP) is -0.407. The lowest BCUT2D eigenvalue weighted by atomic mass is 9.82. The van der Waals surface area contributed by atoms with Crippen LogP contribution < -0.4 is 5.32 Å². The summed E-state index contributed by atoms with van der Waals surface area (Å²) in [5.74, 6) is 0.615. The number of ether oxygens (including phenoxy) is 1. The van der Waals surface area contributed by atoms with E-state index in [-0.39, 0.29) is 24.2 Å². The molecule has 98 valence electrons. The highest BCUT2D eigenvalue weighted by atomic mass is 16.5. The largest absolute Gasteiger partial charge is 0.393 e. The topological polar surface area (TPSA) is 61.8 Å². The number of amides is 1. The fraction of sp³-hybridized carbons (Fsp3) is 0.917. The molecule has 0 aromatic heterocycles. The zero-order valence-electron chi connectivity index (χ0n) is 10.6. The Labute approximate surface area is 102 Å². The first-order chi connectivity index (χ1) is 8.10. The van der Waals surface area contributed by atoms with Gasteiger partial charge in [-0.1, -0.05) is 0 Å². The van der Waals surface area contributed by atoms with Gasteiger partial charge in [0.15, 0.2) is 0 Å². The van der Waals surface area contributed by atoms with Crippen molar-refractivity contribution in [3.63, 3.8) is 0 Å². The zero-order chi connectivity index (χ0) is 12.4. The number of aliphatic hydroxyl groups excluding tert-OH is 1. The highest BCUT2D eigenvalue weighted by molar-refractivity contribution is 5.82. The van der Waals surface area contributed by atoms with E-state index in [1.54, 1.807) is 12.0 Å². The van der Waals surface area contributed by atoms with Gasteiger partial charge in [0, 0.05) is 27.2 Å². The summed E-state index contributed by atoms with van der Waals surface area (Å²) in [6.45, 7) is 1.51. The van der Waals surface area contributed by atoms with Gasteiger partial charge in [-0.2, -0.15) is 0 Å². The van der Waals surface area contributed by atoms with Crippen LogP contribution in [0, 0.1) is 5.92 Å². The summed E-state index contributed by atoms with van der Waals surface area (Å²) in [5.41, 5.74) is 0. The van der Waals surface area contributed by atoms with E-state index in [2.05, 4.69) is 5.32 Å². The molecular weight excluding hydrogens is 220 g/mol. The maximum absolute atomic E-state index is 12.1. The van der Waals surface area contributed by atoms with Gasteiger partial charge >= 0.3 is 0 Å². The second-order valence-electron chi connectivity index (χ2n) is 5.26. The molecule has 1 heterocycles. The van der Waals surface area contributed by atoms with Crippen molar-refractivity contribution in [2.75, 3.05) is 27.2 Å². The Balaban J connectivity index is 1.75. The third kappa shape index (κ3) is 2.97. The Bertz CT molecular complexity index is 279. The summed E-state index contributed by atoms with van der Waals surface area (Å²) in [5, 5.41) is 12.4. The second kappa shape index (κ2) is 5.33. The Morgan fingerprint density at radius 3 is 2.71 bits per heavy atom. The molecule has 2 fully saturated rings. The van der Waals surface area contributed by atoms with Crippen molar-refractivity contribution in [3.8, 4) is 0 Å². The molecule has 1 aliphatic heterocycles. The minimum Gasteiger partial charge on any atom is -0.393 e. The summed E-state index contributed by atoms with van der Waals surface area (Å²) in [6.07, 6.45) is 2.42. The summed E-state index contributed by atoms with van der Waals surface area (Å²) < 4.78 is 5.23. The standard InChI is InChI=1S/C12H22N2O3/c1-14(7-8-3-9(15)4-8)12(16)11-5-10(17-2)6-13-11/h8-11,13,15H,3-7H2,1-2H3. The van der Waals surface area contributed by atoms with Crippen molar-refractivity contribution >= 4 is 5.91 Å². The van der Waals surface area contributed by atoms with Crippen molar-refractivity contribution in [1.29, 1.82) is 0 Å². The Morgan fingerprint density at radius 1 is 1.47 bits per heavy atom. The van der Waals surface area contributed by atoms with Crippen molar-refractivity contribution in [3.05, 3.63) is 0 Å². The zero-order valence-corrected chi connectivity index (χ0v) is 10.6. The third-order valence-corrected chi connectivity index (χ3v) is 3.84. The Hall–Kier alpha value is -0.650. The number of hydrogen-bond donors (Lipinski definition) is 2. The normalized spacial score (nSPS) is 36.6. The van der Waals surface area contributed by atoms with Crippen LogP contribution >= 0.6 is 0 Å². The second-order valence-corrected chi connectivity index (χ2v) is 5.26. The van der Waals surface area contributed by atoms with Gasteiger partial charge in [-0.05, 0) is 25.2 Å². The van der Waals surface area contributed by atoms with Crippen LogP contribution in [0.5, 0.6) is 0 Å². The van der Waals surface area contributed by atoms with Crippen LogP contribution in [0.4, 0.5) is 0 Å². The molecule has 2 N–H and O–H groups in total. The van der Waals surface area contributed by atoms with Crippen LogP contribution in [0.2, 0.25) is 0 Å². The summed E-state index contributed by atoms with van der Waals surface area (Å²) in [4.78, 5) is 13.9. The van der Waals surface area contributed by atoms with Crippen LogP contribution in [-0.4, -0.2) is 61.4 Å². The molecule has 1 saturated heterocycles. The molecular formula is C12H22N2O3. The van der Waals surface area contributed by atoms with Gasteiger partial charge in [0.25, 0.3) is 0 Å². The average Bonchev–Trinajstić information content (AvgIpc) is 2.74. The number of nitrogens with one attached hydrogen (secondary N) is 1. The Kier molecular flexibility index (Phi) is 4.01. The predicted molar refractivity (Wildman–Crippen MR) is 63.6 cm³/mol. The highest BCUT2D eigenvalue weighted by Crippen LogP contribution is 2.27. The molecule has 1 aliphatic carbocycles. The van der Waals surface area contributed by atoms with Gasteiger partial charge < -0.3 is 20.1 Å². The fourth-order valence-corrected chi connectivity index (χ4v) is 2.66. The number of aliphatic hydroxyl groups is 1.